The van der Waals surface area contributed by atoms with Crippen LogP contribution in [-0.2, 0) is 14.8 Å². The first kappa shape index (κ1) is 20.9. The summed E-state index contributed by atoms with van der Waals surface area (Å²) in [4.78, 5) is 13.1. The van der Waals surface area contributed by atoms with E-state index in [0.717, 1.165) is 5.56 Å². The lowest BCUT2D eigenvalue weighted by atomic mass is 10.0. The largest absolute Gasteiger partial charge is 0.476 e. The van der Waals surface area contributed by atoms with Crippen molar-refractivity contribution in [2.75, 3.05) is 17.4 Å². The fourth-order valence-corrected chi connectivity index (χ4v) is 5.05. The molecule has 0 bridgehead atoms. The van der Waals surface area contributed by atoms with Crippen molar-refractivity contribution >= 4 is 21.6 Å². The fraction of sp³-hybridized carbons (Fsp3) is 0.208. The smallest absolute Gasteiger partial charge is 0.264 e. The minimum absolute atomic E-state index is 0.0974. The number of rotatable bonds is 6. The number of carbonyl (C=O) groups excluding carboxylic acids is 1. The predicted octanol–water partition coefficient (Wildman–Crippen LogP) is 3.56. The number of anilines is 1. The van der Waals surface area contributed by atoms with Crippen molar-refractivity contribution in [2.45, 2.75) is 23.8 Å². The van der Waals surface area contributed by atoms with Gasteiger partial charge in [-0.25, -0.2) is 8.42 Å². The molecule has 0 saturated carbocycles. The summed E-state index contributed by atoms with van der Waals surface area (Å²) in [5.41, 5.74) is 1.54. The number of benzene rings is 3. The zero-order valence-corrected chi connectivity index (χ0v) is 18.0. The Hall–Kier alpha value is -3.32. The van der Waals surface area contributed by atoms with E-state index in [1.165, 1.54) is 4.31 Å². The Balaban J connectivity index is 1.55. The van der Waals surface area contributed by atoms with Crippen LogP contribution in [0.2, 0.25) is 0 Å². The number of nitrogens with zero attached hydrogens (tertiary/aromatic N) is 1. The Labute approximate surface area is 182 Å². The molecular weight excluding hydrogens is 412 g/mol. The molecule has 3 aromatic rings. The minimum atomic E-state index is -3.84. The topological polar surface area (TPSA) is 75.7 Å². The predicted molar refractivity (Wildman–Crippen MR) is 120 cm³/mol. The summed E-state index contributed by atoms with van der Waals surface area (Å²) in [6.45, 7) is 2.36. The fourth-order valence-electron chi connectivity index (χ4n) is 3.55. The summed E-state index contributed by atoms with van der Waals surface area (Å²) >= 11 is 0. The van der Waals surface area contributed by atoms with Gasteiger partial charge in [0.15, 0.2) is 6.10 Å². The van der Waals surface area contributed by atoms with Gasteiger partial charge in [-0.05, 0) is 35.7 Å². The lowest BCUT2D eigenvalue weighted by Crippen LogP contribution is -2.51. The van der Waals surface area contributed by atoms with E-state index >= 15 is 0 Å². The van der Waals surface area contributed by atoms with Crippen LogP contribution < -0.4 is 14.4 Å². The van der Waals surface area contributed by atoms with Crippen LogP contribution in [0.3, 0.4) is 0 Å². The molecule has 0 fully saturated rings. The third-order valence-corrected chi connectivity index (χ3v) is 7.10. The zero-order valence-electron chi connectivity index (χ0n) is 17.1. The number of nitrogens with one attached hydrogen (secondary N) is 1. The van der Waals surface area contributed by atoms with E-state index in [2.05, 4.69) is 5.32 Å². The van der Waals surface area contributed by atoms with E-state index < -0.39 is 16.1 Å². The first-order valence-electron chi connectivity index (χ1n) is 10.1. The summed E-state index contributed by atoms with van der Waals surface area (Å²) in [7, 11) is -3.84. The number of amides is 1. The molecule has 1 N–H and O–H groups in total. The Morgan fingerprint density at radius 3 is 2.32 bits per heavy atom. The van der Waals surface area contributed by atoms with Crippen LogP contribution in [0, 0.1) is 0 Å². The maximum absolute atomic E-state index is 13.3. The highest BCUT2D eigenvalue weighted by atomic mass is 32.2. The quantitative estimate of drug-likeness (QED) is 0.641. The van der Waals surface area contributed by atoms with Crippen LogP contribution in [-0.4, -0.2) is 33.5 Å². The molecule has 0 aliphatic carbocycles. The summed E-state index contributed by atoms with van der Waals surface area (Å²) < 4.78 is 33.7. The summed E-state index contributed by atoms with van der Waals surface area (Å²) in [6.07, 6.45) is -0.948. The van der Waals surface area contributed by atoms with Crippen LogP contribution in [0.15, 0.2) is 89.8 Å². The van der Waals surface area contributed by atoms with Crippen molar-refractivity contribution in [3.63, 3.8) is 0 Å². The maximum Gasteiger partial charge on any atom is 0.264 e. The van der Waals surface area contributed by atoms with Crippen LogP contribution in [0.4, 0.5) is 5.69 Å². The molecule has 0 saturated heterocycles. The molecule has 160 valence electrons. The second-order valence-corrected chi connectivity index (χ2v) is 9.34. The van der Waals surface area contributed by atoms with Gasteiger partial charge >= 0.3 is 0 Å². The first-order valence-corrected chi connectivity index (χ1v) is 11.6. The molecule has 7 heteroatoms. The highest BCUT2D eigenvalue weighted by Gasteiger charge is 2.37. The number of fused-ring (bicyclic) bond motifs is 1. The van der Waals surface area contributed by atoms with Crippen molar-refractivity contribution in [3.8, 4) is 5.75 Å². The van der Waals surface area contributed by atoms with Gasteiger partial charge in [-0.15, -0.1) is 0 Å². The van der Waals surface area contributed by atoms with Gasteiger partial charge in [0.05, 0.1) is 17.1 Å². The van der Waals surface area contributed by atoms with Gasteiger partial charge in [-0.2, -0.15) is 0 Å². The van der Waals surface area contributed by atoms with Gasteiger partial charge in [0.2, 0.25) is 0 Å². The van der Waals surface area contributed by atoms with Crippen LogP contribution in [0.5, 0.6) is 5.75 Å². The van der Waals surface area contributed by atoms with Gasteiger partial charge in [-0.3, -0.25) is 9.10 Å². The minimum Gasteiger partial charge on any atom is -0.476 e. The molecule has 1 aliphatic heterocycles. The van der Waals surface area contributed by atoms with Crippen LogP contribution in [0.25, 0.3) is 0 Å². The lowest BCUT2D eigenvalue weighted by molar-refractivity contribution is -0.127. The van der Waals surface area contributed by atoms with E-state index in [0.29, 0.717) is 18.0 Å². The third-order valence-electron chi connectivity index (χ3n) is 5.31. The van der Waals surface area contributed by atoms with Gasteiger partial charge in [0.1, 0.15) is 5.75 Å². The van der Waals surface area contributed by atoms with Crippen molar-refractivity contribution < 1.29 is 17.9 Å². The molecule has 3 aromatic carbocycles. The first-order chi connectivity index (χ1) is 15.0. The van der Waals surface area contributed by atoms with Gasteiger partial charge in [0.25, 0.3) is 15.9 Å². The molecule has 1 aliphatic rings. The Morgan fingerprint density at radius 2 is 1.61 bits per heavy atom. The number of hydrogen-bond acceptors (Lipinski definition) is 4. The molecule has 31 heavy (non-hydrogen) atoms. The number of carbonyl (C=O) groups is 1. The number of para-hydroxylation sites is 2. The molecule has 0 aromatic heterocycles. The van der Waals surface area contributed by atoms with E-state index in [9.17, 15) is 13.2 Å². The van der Waals surface area contributed by atoms with Crippen molar-refractivity contribution in [2.24, 2.45) is 0 Å². The van der Waals surface area contributed by atoms with Crippen molar-refractivity contribution in [3.05, 3.63) is 90.5 Å². The number of sulfonamides is 1. The normalized spacial score (nSPS) is 16.7. The molecule has 0 unspecified atom stereocenters. The second-order valence-electron chi connectivity index (χ2n) is 7.48. The van der Waals surface area contributed by atoms with Crippen molar-refractivity contribution in [1.82, 2.24) is 5.32 Å². The standard InChI is InChI=1S/C24H24N2O4S/c1-18(19-10-4-2-5-11-19)16-25-24(27)23-17-26(21-14-8-9-15-22(21)30-23)31(28,29)20-12-6-3-7-13-20/h2-15,18,23H,16-17H2,1H3,(H,25,27)/t18-,23+/m1/s1. The molecule has 6 nitrogen and oxygen atoms in total. The Morgan fingerprint density at radius 1 is 1.00 bits per heavy atom. The maximum atomic E-state index is 13.3. The van der Waals surface area contributed by atoms with E-state index in [4.69, 9.17) is 4.74 Å². The number of hydrogen-bond donors (Lipinski definition) is 1. The van der Waals surface area contributed by atoms with E-state index in [-0.39, 0.29) is 23.3 Å². The Bertz CT molecular complexity index is 1150. The average Bonchev–Trinajstić information content (AvgIpc) is 2.82. The highest BCUT2D eigenvalue weighted by Crippen LogP contribution is 2.36. The molecule has 0 spiro atoms. The monoisotopic (exact) mass is 436 g/mol. The van der Waals surface area contributed by atoms with Gasteiger partial charge < -0.3 is 10.1 Å². The second kappa shape index (κ2) is 8.81. The SMILES string of the molecule is C[C@H](CNC(=O)[C@@H]1CN(S(=O)(=O)c2ccccc2)c2ccccc2O1)c1ccccc1. The summed E-state index contributed by atoms with van der Waals surface area (Å²) in [6, 6.07) is 25.0. The Kier molecular flexibility index (Phi) is 5.95. The molecular formula is C24H24N2O4S. The molecule has 1 amide bonds. The summed E-state index contributed by atoms with van der Waals surface area (Å²) in [5.74, 6) is 0.139. The van der Waals surface area contributed by atoms with Gasteiger partial charge in [0, 0.05) is 6.54 Å². The average molecular weight is 437 g/mol. The number of ether oxygens (including phenoxy) is 1. The molecule has 4 rings (SSSR count). The third kappa shape index (κ3) is 4.41. The van der Waals surface area contributed by atoms with Crippen LogP contribution >= 0.6 is 0 Å². The zero-order chi connectivity index (χ0) is 21.8. The summed E-state index contributed by atoms with van der Waals surface area (Å²) in [5, 5.41) is 2.91. The van der Waals surface area contributed by atoms with E-state index in [1.54, 1.807) is 54.6 Å². The van der Waals surface area contributed by atoms with Crippen LogP contribution in [0.1, 0.15) is 18.4 Å². The molecule has 1 heterocycles. The van der Waals surface area contributed by atoms with Crippen molar-refractivity contribution in [1.29, 1.82) is 0 Å². The van der Waals surface area contributed by atoms with Gasteiger partial charge in [-0.1, -0.05) is 67.6 Å². The molecule has 0 radical (unpaired) electrons. The lowest BCUT2D eigenvalue weighted by Gasteiger charge is -2.34. The molecule has 2 atom stereocenters. The highest BCUT2D eigenvalue weighted by molar-refractivity contribution is 7.92. The van der Waals surface area contributed by atoms with E-state index in [1.807, 2.05) is 37.3 Å².